The maximum atomic E-state index is 6.18. The van der Waals surface area contributed by atoms with E-state index in [1.807, 2.05) is 0 Å². The van der Waals surface area contributed by atoms with Crippen LogP contribution in [-0.2, 0) is 0 Å². The largest absolute Gasteiger partial charge is 0.489 e. The molecule has 2 rings (SSSR count). The molecule has 2 atom stereocenters. The molecule has 1 aliphatic rings. The van der Waals surface area contributed by atoms with Crippen molar-refractivity contribution in [3.8, 4) is 5.75 Å². The van der Waals surface area contributed by atoms with E-state index in [-0.39, 0.29) is 5.41 Å². The minimum absolute atomic E-state index is 0.199. The number of nitrogens with one attached hydrogen (secondary N) is 1. The van der Waals surface area contributed by atoms with E-state index in [1.165, 1.54) is 5.56 Å². The first kappa shape index (κ1) is 13.9. The van der Waals surface area contributed by atoms with Gasteiger partial charge in [-0.1, -0.05) is 42.8 Å². The molecule has 0 aromatic heterocycles. The Hall–Kier alpha value is -0.540. The summed E-state index contributed by atoms with van der Waals surface area (Å²) >= 11 is 3.50. The van der Waals surface area contributed by atoms with Crippen LogP contribution in [-0.4, -0.2) is 18.7 Å². The Morgan fingerprint density at radius 2 is 2.17 bits per heavy atom. The van der Waals surface area contributed by atoms with Crippen molar-refractivity contribution in [2.45, 2.75) is 46.3 Å². The van der Waals surface area contributed by atoms with E-state index in [0.29, 0.717) is 12.1 Å². The van der Waals surface area contributed by atoms with E-state index >= 15 is 0 Å². The average molecular weight is 312 g/mol. The highest BCUT2D eigenvalue weighted by Gasteiger charge is 2.49. The summed E-state index contributed by atoms with van der Waals surface area (Å²) in [5.41, 5.74) is 1.39. The average Bonchev–Trinajstić information content (AvgIpc) is 2.32. The number of halogens is 1. The Morgan fingerprint density at radius 3 is 2.78 bits per heavy atom. The molecule has 18 heavy (non-hydrogen) atoms. The summed E-state index contributed by atoms with van der Waals surface area (Å²) in [6, 6.07) is 6.77. The summed E-state index contributed by atoms with van der Waals surface area (Å²) in [5.74, 6) is 0.998. The summed E-state index contributed by atoms with van der Waals surface area (Å²) in [4.78, 5) is 0. The van der Waals surface area contributed by atoms with E-state index in [1.54, 1.807) is 0 Å². The lowest BCUT2D eigenvalue weighted by Gasteiger charge is -2.51. The van der Waals surface area contributed by atoms with Gasteiger partial charge in [0.15, 0.2) is 0 Å². The third kappa shape index (κ3) is 2.57. The fourth-order valence-electron chi connectivity index (χ4n) is 2.53. The topological polar surface area (TPSA) is 21.3 Å². The van der Waals surface area contributed by atoms with Crippen LogP contribution >= 0.6 is 15.9 Å². The molecule has 0 aliphatic heterocycles. The van der Waals surface area contributed by atoms with Crippen molar-refractivity contribution in [3.05, 3.63) is 28.2 Å². The Labute approximate surface area is 118 Å². The van der Waals surface area contributed by atoms with Gasteiger partial charge in [-0.05, 0) is 31.2 Å². The zero-order valence-electron chi connectivity index (χ0n) is 11.6. The predicted octanol–water partition coefficient (Wildman–Crippen LogP) is 3.91. The summed E-state index contributed by atoms with van der Waals surface area (Å²) in [5, 5.41) is 3.52. The van der Waals surface area contributed by atoms with Gasteiger partial charge in [-0.3, -0.25) is 0 Å². The number of hydrogen-bond donors (Lipinski definition) is 1. The molecule has 1 saturated carbocycles. The normalized spacial score (nSPS) is 25.6. The smallest absolute Gasteiger partial charge is 0.123 e. The molecule has 0 bridgehead atoms. The van der Waals surface area contributed by atoms with Crippen molar-refractivity contribution in [3.63, 3.8) is 0 Å². The van der Waals surface area contributed by atoms with Crippen molar-refractivity contribution in [2.24, 2.45) is 5.41 Å². The Morgan fingerprint density at radius 1 is 1.44 bits per heavy atom. The summed E-state index contributed by atoms with van der Waals surface area (Å²) in [7, 11) is 0. The molecule has 0 radical (unpaired) electrons. The van der Waals surface area contributed by atoms with Crippen molar-refractivity contribution < 1.29 is 4.74 Å². The molecule has 2 unspecified atom stereocenters. The van der Waals surface area contributed by atoms with Crippen LogP contribution in [0.25, 0.3) is 0 Å². The standard InChI is InChI=1S/C15H22BrNO/c1-5-17-13-9-14(15(13,3)4)18-12-8-11(16)7-6-10(12)2/h6-8,13-14,17H,5,9H2,1-4H3. The third-order valence-corrected chi connectivity index (χ3v) is 4.54. The maximum absolute atomic E-state index is 6.18. The second kappa shape index (κ2) is 5.22. The third-order valence-electron chi connectivity index (χ3n) is 4.05. The van der Waals surface area contributed by atoms with Gasteiger partial charge in [0.25, 0.3) is 0 Å². The second-order valence-corrected chi connectivity index (χ2v) is 6.60. The van der Waals surface area contributed by atoms with Crippen LogP contribution in [0, 0.1) is 12.3 Å². The fourth-order valence-corrected chi connectivity index (χ4v) is 2.87. The van der Waals surface area contributed by atoms with E-state index in [0.717, 1.165) is 23.2 Å². The molecule has 0 heterocycles. The lowest BCUT2D eigenvalue weighted by Crippen LogP contribution is -2.62. The van der Waals surface area contributed by atoms with Gasteiger partial charge in [0.1, 0.15) is 11.9 Å². The van der Waals surface area contributed by atoms with Gasteiger partial charge in [-0.2, -0.15) is 0 Å². The number of aryl methyl sites for hydroxylation is 1. The highest BCUT2D eigenvalue weighted by atomic mass is 79.9. The van der Waals surface area contributed by atoms with Crippen molar-refractivity contribution >= 4 is 15.9 Å². The Balaban J connectivity index is 2.05. The van der Waals surface area contributed by atoms with Crippen molar-refractivity contribution in [2.75, 3.05) is 6.54 Å². The summed E-state index contributed by atoms with van der Waals surface area (Å²) < 4.78 is 7.26. The molecule has 2 nitrogen and oxygen atoms in total. The molecule has 0 amide bonds. The van der Waals surface area contributed by atoms with Crippen LogP contribution in [0.3, 0.4) is 0 Å². The number of hydrogen-bond acceptors (Lipinski definition) is 2. The molecule has 1 fully saturated rings. The van der Waals surface area contributed by atoms with Gasteiger partial charge in [0, 0.05) is 22.4 Å². The fraction of sp³-hybridized carbons (Fsp3) is 0.600. The maximum Gasteiger partial charge on any atom is 0.123 e. The first-order valence-corrected chi connectivity index (χ1v) is 7.40. The predicted molar refractivity (Wildman–Crippen MR) is 79.2 cm³/mol. The van der Waals surface area contributed by atoms with E-state index in [9.17, 15) is 0 Å². The Bertz CT molecular complexity index is 431. The van der Waals surface area contributed by atoms with Gasteiger partial charge in [-0.15, -0.1) is 0 Å². The number of rotatable bonds is 4. The van der Waals surface area contributed by atoms with E-state index in [2.05, 4.69) is 67.1 Å². The molecule has 0 saturated heterocycles. The molecule has 0 spiro atoms. The number of benzene rings is 1. The lowest BCUT2D eigenvalue weighted by atomic mass is 9.64. The van der Waals surface area contributed by atoms with Crippen LogP contribution in [0.2, 0.25) is 0 Å². The van der Waals surface area contributed by atoms with Gasteiger partial charge in [0.05, 0.1) is 0 Å². The first-order valence-electron chi connectivity index (χ1n) is 6.61. The molecule has 1 aliphatic carbocycles. The van der Waals surface area contributed by atoms with Crippen molar-refractivity contribution in [1.82, 2.24) is 5.32 Å². The summed E-state index contributed by atoms with van der Waals surface area (Å²) in [6.45, 7) is 9.83. The van der Waals surface area contributed by atoms with E-state index in [4.69, 9.17) is 4.74 Å². The molecule has 1 N–H and O–H groups in total. The highest BCUT2D eigenvalue weighted by molar-refractivity contribution is 9.10. The molecular weight excluding hydrogens is 290 g/mol. The Kier molecular flexibility index (Phi) is 4.02. The first-order chi connectivity index (χ1) is 8.45. The van der Waals surface area contributed by atoms with Crippen LogP contribution in [0.5, 0.6) is 5.75 Å². The molecule has 3 heteroatoms. The zero-order valence-corrected chi connectivity index (χ0v) is 13.2. The quantitative estimate of drug-likeness (QED) is 0.910. The van der Waals surface area contributed by atoms with Gasteiger partial charge < -0.3 is 10.1 Å². The molecule has 100 valence electrons. The second-order valence-electron chi connectivity index (χ2n) is 5.68. The minimum atomic E-state index is 0.199. The SMILES string of the molecule is CCNC1CC(Oc2cc(Br)ccc2C)C1(C)C. The summed E-state index contributed by atoms with van der Waals surface area (Å²) in [6.07, 6.45) is 1.39. The van der Waals surface area contributed by atoms with Gasteiger partial charge >= 0.3 is 0 Å². The van der Waals surface area contributed by atoms with Gasteiger partial charge in [-0.25, -0.2) is 0 Å². The molecule has 1 aromatic rings. The minimum Gasteiger partial charge on any atom is -0.489 e. The highest BCUT2D eigenvalue weighted by Crippen LogP contribution is 2.43. The van der Waals surface area contributed by atoms with Crippen molar-refractivity contribution in [1.29, 1.82) is 0 Å². The van der Waals surface area contributed by atoms with Crippen LogP contribution in [0.15, 0.2) is 22.7 Å². The zero-order chi connectivity index (χ0) is 13.3. The monoisotopic (exact) mass is 311 g/mol. The van der Waals surface area contributed by atoms with Crippen LogP contribution < -0.4 is 10.1 Å². The van der Waals surface area contributed by atoms with E-state index < -0.39 is 0 Å². The van der Waals surface area contributed by atoms with Crippen LogP contribution in [0.1, 0.15) is 32.8 Å². The number of ether oxygens (including phenoxy) is 1. The van der Waals surface area contributed by atoms with Crippen LogP contribution in [0.4, 0.5) is 0 Å². The molecule has 1 aromatic carbocycles. The lowest BCUT2D eigenvalue weighted by molar-refractivity contribution is -0.0544. The molecular formula is C15H22BrNO. The van der Waals surface area contributed by atoms with Gasteiger partial charge in [0.2, 0.25) is 0 Å².